The van der Waals surface area contributed by atoms with Crippen molar-refractivity contribution in [1.82, 2.24) is 9.62 Å². The molecular weight excluding hydrogens is 262 g/mol. The topological polar surface area (TPSA) is 73.2 Å². The van der Waals surface area contributed by atoms with Crippen LogP contribution in [0, 0.1) is 11.3 Å². The van der Waals surface area contributed by atoms with E-state index in [9.17, 15) is 8.42 Å². The molecule has 1 aromatic rings. The summed E-state index contributed by atoms with van der Waals surface area (Å²) in [6, 6.07) is 8.56. The van der Waals surface area contributed by atoms with Crippen molar-refractivity contribution < 1.29 is 8.42 Å². The Morgan fingerprint density at radius 3 is 2.68 bits per heavy atom. The fourth-order valence-electron chi connectivity index (χ4n) is 2.19. The number of piperazine rings is 1. The van der Waals surface area contributed by atoms with E-state index in [1.165, 1.54) is 4.31 Å². The van der Waals surface area contributed by atoms with Gasteiger partial charge < -0.3 is 5.32 Å². The van der Waals surface area contributed by atoms with Gasteiger partial charge in [-0.15, -0.1) is 0 Å². The van der Waals surface area contributed by atoms with E-state index in [2.05, 4.69) is 5.32 Å². The van der Waals surface area contributed by atoms with Crippen molar-refractivity contribution >= 4 is 10.0 Å². The summed E-state index contributed by atoms with van der Waals surface area (Å²) in [7, 11) is -3.43. The van der Waals surface area contributed by atoms with Gasteiger partial charge >= 0.3 is 0 Å². The first kappa shape index (κ1) is 14.0. The van der Waals surface area contributed by atoms with Gasteiger partial charge in [0.25, 0.3) is 0 Å². The summed E-state index contributed by atoms with van der Waals surface area (Å²) in [5.41, 5.74) is 0.829. The van der Waals surface area contributed by atoms with Gasteiger partial charge in [0, 0.05) is 25.7 Å². The van der Waals surface area contributed by atoms with Crippen LogP contribution < -0.4 is 5.32 Å². The lowest BCUT2D eigenvalue weighted by atomic mass is 10.2. The van der Waals surface area contributed by atoms with Gasteiger partial charge in [0.05, 0.1) is 17.4 Å². The molecule has 5 nitrogen and oxygen atoms in total. The SMILES string of the molecule is C[C@@H]1CNCCN1S(=O)(=O)c1ccc(CC#N)cc1. The molecule has 0 amide bonds. The number of nitriles is 1. The molecule has 6 heteroatoms. The normalized spacial score (nSPS) is 20.9. The molecule has 1 N–H and O–H groups in total. The predicted octanol–water partition coefficient (Wildman–Crippen LogP) is 0.735. The third-order valence-corrected chi connectivity index (χ3v) is 5.28. The Morgan fingerprint density at radius 2 is 2.11 bits per heavy atom. The minimum atomic E-state index is -3.43. The average Bonchev–Trinajstić information content (AvgIpc) is 2.40. The minimum Gasteiger partial charge on any atom is -0.314 e. The fourth-order valence-corrected chi connectivity index (χ4v) is 3.82. The molecule has 0 aromatic heterocycles. The molecule has 2 rings (SSSR count). The Morgan fingerprint density at radius 1 is 1.42 bits per heavy atom. The molecule has 0 bridgehead atoms. The zero-order valence-corrected chi connectivity index (χ0v) is 11.7. The highest BCUT2D eigenvalue weighted by Crippen LogP contribution is 2.19. The van der Waals surface area contributed by atoms with Crippen LogP contribution in [0.3, 0.4) is 0 Å². The maximum Gasteiger partial charge on any atom is 0.243 e. The van der Waals surface area contributed by atoms with Crippen LogP contribution in [-0.4, -0.2) is 38.4 Å². The Kier molecular flexibility index (Phi) is 4.20. The van der Waals surface area contributed by atoms with Crippen LogP contribution in [-0.2, 0) is 16.4 Å². The second-order valence-corrected chi connectivity index (χ2v) is 6.54. The highest BCUT2D eigenvalue weighted by molar-refractivity contribution is 7.89. The number of sulfonamides is 1. The highest BCUT2D eigenvalue weighted by atomic mass is 32.2. The summed E-state index contributed by atoms with van der Waals surface area (Å²) >= 11 is 0. The molecular formula is C13H17N3O2S. The molecule has 1 aliphatic rings. The molecule has 1 aromatic carbocycles. The lowest BCUT2D eigenvalue weighted by molar-refractivity contribution is 0.284. The summed E-state index contributed by atoms with van der Waals surface area (Å²) < 4.78 is 26.5. The minimum absolute atomic E-state index is 0.0439. The van der Waals surface area contributed by atoms with E-state index in [-0.39, 0.29) is 6.04 Å². The van der Waals surface area contributed by atoms with Gasteiger partial charge in [-0.3, -0.25) is 0 Å². The Bertz CT molecular complexity index is 575. The summed E-state index contributed by atoms with van der Waals surface area (Å²) in [5.74, 6) is 0. The first-order valence-electron chi connectivity index (χ1n) is 6.24. The molecule has 102 valence electrons. The number of hydrogen-bond acceptors (Lipinski definition) is 4. The number of benzene rings is 1. The van der Waals surface area contributed by atoms with Crippen LogP contribution in [0.1, 0.15) is 12.5 Å². The second kappa shape index (κ2) is 5.70. The summed E-state index contributed by atoms with van der Waals surface area (Å²) in [4.78, 5) is 0.294. The van der Waals surface area contributed by atoms with Crippen molar-refractivity contribution in [2.24, 2.45) is 0 Å². The zero-order chi connectivity index (χ0) is 13.9. The average molecular weight is 279 g/mol. The third kappa shape index (κ3) is 2.95. The second-order valence-electron chi connectivity index (χ2n) is 4.65. The van der Waals surface area contributed by atoms with E-state index >= 15 is 0 Å². The van der Waals surface area contributed by atoms with Crippen LogP contribution in [0.25, 0.3) is 0 Å². The van der Waals surface area contributed by atoms with E-state index in [4.69, 9.17) is 5.26 Å². The molecule has 19 heavy (non-hydrogen) atoms. The molecule has 0 aliphatic carbocycles. The Labute approximate surface area is 113 Å². The maximum atomic E-state index is 12.5. The maximum absolute atomic E-state index is 12.5. The monoisotopic (exact) mass is 279 g/mol. The Balaban J connectivity index is 2.26. The first-order valence-corrected chi connectivity index (χ1v) is 7.68. The standard InChI is InChI=1S/C13H17N3O2S/c1-11-10-15-8-9-16(11)19(17,18)13-4-2-12(3-5-13)6-7-14/h2-5,11,15H,6,8-10H2,1H3/t11-/m1/s1. The number of hydrogen-bond donors (Lipinski definition) is 1. The van der Waals surface area contributed by atoms with E-state index in [0.29, 0.717) is 31.0 Å². The third-order valence-electron chi connectivity index (χ3n) is 3.25. The van der Waals surface area contributed by atoms with Gasteiger partial charge in [-0.1, -0.05) is 12.1 Å². The fraction of sp³-hybridized carbons (Fsp3) is 0.462. The molecule has 1 aliphatic heterocycles. The van der Waals surface area contributed by atoms with Gasteiger partial charge in [-0.2, -0.15) is 9.57 Å². The lowest BCUT2D eigenvalue weighted by Gasteiger charge is -2.32. The highest BCUT2D eigenvalue weighted by Gasteiger charge is 2.30. The zero-order valence-electron chi connectivity index (χ0n) is 10.8. The van der Waals surface area contributed by atoms with E-state index in [0.717, 1.165) is 5.56 Å². The van der Waals surface area contributed by atoms with Crippen LogP contribution in [0.15, 0.2) is 29.2 Å². The van der Waals surface area contributed by atoms with Crippen LogP contribution in [0.4, 0.5) is 0 Å². The van der Waals surface area contributed by atoms with Crippen molar-refractivity contribution in [1.29, 1.82) is 5.26 Å². The molecule has 1 fully saturated rings. The van der Waals surface area contributed by atoms with Crippen molar-refractivity contribution in [3.05, 3.63) is 29.8 Å². The van der Waals surface area contributed by atoms with Crippen molar-refractivity contribution in [2.45, 2.75) is 24.3 Å². The van der Waals surface area contributed by atoms with Crippen molar-refractivity contribution in [3.63, 3.8) is 0 Å². The number of rotatable bonds is 3. The van der Waals surface area contributed by atoms with E-state index in [1.54, 1.807) is 24.3 Å². The number of nitrogens with one attached hydrogen (secondary N) is 1. The van der Waals surface area contributed by atoms with Gasteiger partial charge in [-0.25, -0.2) is 8.42 Å². The van der Waals surface area contributed by atoms with Crippen LogP contribution >= 0.6 is 0 Å². The smallest absolute Gasteiger partial charge is 0.243 e. The largest absolute Gasteiger partial charge is 0.314 e. The van der Waals surface area contributed by atoms with Crippen molar-refractivity contribution in [2.75, 3.05) is 19.6 Å². The van der Waals surface area contributed by atoms with E-state index < -0.39 is 10.0 Å². The van der Waals surface area contributed by atoms with E-state index in [1.807, 2.05) is 13.0 Å². The van der Waals surface area contributed by atoms with Crippen molar-refractivity contribution in [3.8, 4) is 6.07 Å². The number of nitrogens with zero attached hydrogens (tertiary/aromatic N) is 2. The molecule has 0 spiro atoms. The van der Waals surface area contributed by atoms with Gasteiger partial charge in [0.15, 0.2) is 0 Å². The van der Waals surface area contributed by atoms with Crippen LogP contribution in [0.5, 0.6) is 0 Å². The molecule has 0 unspecified atom stereocenters. The predicted molar refractivity (Wildman–Crippen MR) is 72.0 cm³/mol. The van der Waals surface area contributed by atoms with Crippen LogP contribution in [0.2, 0.25) is 0 Å². The Hall–Kier alpha value is -1.42. The van der Waals surface area contributed by atoms with Gasteiger partial charge in [0.1, 0.15) is 0 Å². The first-order chi connectivity index (χ1) is 9.05. The quantitative estimate of drug-likeness (QED) is 0.885. The van der Waals surface area contributed by atoms with Gasteiger partial charge in [0.2, 0.25) is 10.0 Å². The molecule has 0 radical (unpaired) electrons. The molecule has 1 heterocycles. The summed E-state index contributed by atoms with van der Waals surface area (Å²) in [5, 5.41) is 11.8. The molecule has 0 saturated carbocycles. The summed E-state index contributed by atoms with van der Waals surface area (Å²) in [6.07, 6.45) is 0.296. The van der Waals surface area contributed by atoms with Gasteiger partial charge in [-0.05, 0) is 24.6 Å². The molecule has 1 atom stereocenters. The molecule has 1 saturated heterocycles. The summed E-state index contributed by atoms with van der Waals surface area (Å²) in [6.45, 7) is 3.74. The lowest BCUT2D eigenvalue weighted by Crippen LogP contribution is -2.52.